The molecule has 0 saturated carbocycles. The van der Waals surface area contributed by atoms with Crippen molar-refractivity contribution in [1.82, 2.24) is 4.98 Å². The van der Waals surface area contributed by atoms with E-state index >= 15 is 0 Å². The predicted molar refractivity (Wildman–Crippen MR) is 85.8 cm³/mol. The van der Waals surface area contributed by atoms with Gasteiger partial charge in [-0.3, -0.25) is 0 Å². The fourth-order valence-electron chi connectivity index (χ4n) is 2.75. The van der Waals surface area contributed by atoms with Gasteiger partial charge in [-0.05, 0) is 18.1 Å². The van der Waals surface area contributed by atoms with Crippen LogP contribution < -0.4 is 9.63 Å². The minimum Gasteiger partial charge on any atom is -0.619 e. The molecule has 0 aromatic carbocycles. The highest BCUT2D eigenvalue weighted by molar-refractivity contribution is 5.71. The molecule has 2 aromatic rings. The Morgan fingerprint density at radius 3 is 2.65 bits per heavy atom. The number of ether oxygens (including phenoxy) is 1. The van der Waals surface area contributed by atoms with Gasteiger partial charge in [0, 0.05) is 30.8 Å². The molecule has 0 bridgehead atoms. The first-order valence-corrected chi connectivity index (χ1v) is 7.69. The number of nitrogens with zero attached hydrogens (tertiary/aromatic N) is 4. The number of hydrogen-bond donors (Lipinski definition) is 0. The highest BCUT2D eigenvalue weighted by Crippen LogP contribution is 2.29. The number of pyridine rings is 2. The van der Waals surface area contributed by atoms with Gasteiger partial charge in [-0.2, -0.15) is 9.99 Å². The Morgan fingerprint density at radius 1 is 1.35 bits per heavy atom. The summed E-state index contributed by atoms with van der Waals surface area (Å²) < 4.78 is 6.12. The van der Waals surface area contributed by atoms with Crippen molar-refractivity contribution in [3.8, 4) is 17.2 Å². The highest BCUT2D eigenvalue weighted by Gasteiger charge is 2.19. The number of nitriles is 1. The molecule has 6 nitrogen and oxygen atoms in total. The van der Waals surface area contributed by atoms with Gasteiger partial charge in [0.15, 0.2) is 12.4 Å². The van der Waals surface area contributed by atoms with Crippen molar-refractivity contribution in [3.63, 3.8) is 0 Å². The lowest BCUT2D eigenvalue weighted by Gasteiger charge is -2.29. The molecule has 1 saturated heterocycles. The third-order valence-corrected chi connectivity index (χ3v) is 3.96. The first kappa shape index (κ1) is 15.3. The minimum absolute atomic E-state index is 0.554. The summed E-state index contributed by atoms with van der Waals surface area (Å²) in [6.45, 7) is 4.82. The molecule has 0 unspecified atom stereocenters. The second-order valence-corrected chi connectivity index (χ2v) is 5.37. The molecule has 0 radical (unpaired) electrons. The van der Waals surface area contributed by atoms with Crippen molar-refractivity contribution in [3.05, 3.63) is 47.1 Å². The molecule has 2 aromatic heterocycles. The second-order valence-electron chi connectivity index (χ2n) is 5.37. The third-order valence-electron chi connectivity index (χ3n) is 3.96. The number of aromatic nitrogens is 2. The lowest BCUT2D eigenvalue weighted by Crippen LogP contribution is -2.37. The van der Waals surface area contributed by atoms with Gasteiger partial charge >= 0.3 is 0 Å². The largest absolute Gasteiger partial charge is 0.619 e. The molecule has 1 aliphatic rings. The summed E-state index contributed by atoms with van der Waals surface area (Å²) in [6, 6.07) is 7.63. The maximum Gasteiger partial charge on any atom is 0.180 e. The average Bonchev–Trinajstić information content (AvgIpc) is 2.62. The van der Waals surface area contributed by atoms with Crippen LogP contribution in [-0.2, 0) is 11.2 Å². The predicted octanol–water partition coefficient (Wildman–Crippen LogP) is 1.65. The molecule has 0 amide bonds. The van der Waals surface area contributed by atoms with E-state index in [2.05, 4.69) is 11.0 Å². The molecule has 3 rings (SSSR count). The Morgan fingerprint density at radius 2 is 2.04 bits per heavy atom. The summed E-state index contributed by atoms with van der Waals surface area (Å²) in [5.74, 6) is 0.728. The van der Waals surface area contributed by atoms with Gasteiger partial charge in [0.05, 0.1) is 24.5 Å². The zero-order chi connectivity index (χ0) is 16.2. The summed E-state index contributed by atoms with van der Waals surface area (Å²) in [5, 5.41) is 20.7. The van der Waals surface area contributed by atoms with Crippen LogP contribution >= 0.6 is 0 Å². The monoisotopic (exact) mass is 310 g/mol. The van der Waals surface area contributed by atoms with E-state index in [4.69, 9.17) is 9.72 Å². The van der Waals surface area contributed by atoms with Gasteiger partial charge in [-0.25, -0.2) is 4.98 Å². The molecule has 1 aliphatic heterocycles. The Hall–Kier alpha value is -2.65. The van der Waals surface area contributed by atoms with Crippen LogP contribution in [-0.4, -0.2) is 31.3 Å². The molecular formula is C17H18N4O2. The number of anilines is 1. The molecule has 118 valence electrons. The van der Waals surface area contributed by atoms with Crippen LogP contribution in [0.1, 0.15) is 18.2 Å². The van der Waals surface area contributed by atoms with Crippen LogP contribution in [0.4, 0.5) is 5.82 Å². The molecule has 6 heteroatoms. The summed E-state index contributed by atoms with van der Waals surface area (Å²) in [4.78, 5) is 6.85. The molecule has 0 spiro atoms. The molecule has 1 fully saturated rings. The molecular weight excluding hydrogens is 292 g/mol. The molecule has 0 N–H and O–H groups in total. The van der Waals surface area contributed by atoms with E-state index in [1.54, 1.807) is 12.1 Å². The van der Waals surface area contributed by atoms with E-state index in [9.17, 15) is 10.5 Å². The van der Waals surface area contributed by atoms with E-state index in [-0.39, 0.29) is 0 Å². The average molecular weight is 310 g/mol. The van der Waals surface area contributed by atoms with Crippen molar-refractivity contribution in [1.29, 1.82) is 5.26 Å². The molecule has 0 aliphatic carbocycles. The van der Waals surface area contributed by atoms with E-state index in [0.29, 0.717) is 18.8 Å². The number of morpholine rings is 1. The van der Waals surface area contributed by atoms with E-state index in [1.807, 2.05) is 13.0 Å². The highest BCUT2D eigenvalue weighted by atomic mass is 16.5. The second kappa shape index (κ2) is 6.63. The van der Waals surface area contributed by atoms with Gasteiger partial charge in [0.1, 0.15) is 11.9 Å². The topological polar surface area (TPSA) is 76.1 Å². The molecule has 0 atom stereocenters. The van der Waals surface area contributed by atoms with Gasteiger partial charge in [0.2, 0.25) is 0 Å². The first-order chi connectivity index (χ1) is 11.2. The Kier molecular flexibility index (Phi) is 4.40. The van der Waals surface area contributed by atoms with Crippen LogP contribution in [0.25, 0.3) is 11.1 Å². The van der Waals surface area contributed by atoms with Crippen molar-refractivity contribution < 1.29 is 9.47 Å². The SMILES string of the molecule is CCc1nc(N2CCOCC2)c(C#N)cc1-c1cc[n+]([O-])cc1. The summed E-state index contributed by atoms with van der Waals surface area (Å²) >= 11 is 0. The molecule has 23 heavy (non-hydrogen) atoms. The van der Waals surface area contributed by atoms with Crippen molar-refractivity contribution >= 4 is 5.82 Å². The van der Waals surface area contributed by atoms with E-state index in [1.165, 1.54) is 12.4 Å². The Balaban J connectivity index is 2.07. The number of aryl methyl sites for hydroxylation is 1. The number of hydrogen-bond acceptors (Lipinski definition) is 5. The van der Waals surface area contributed by atoms with Gasteiger partial charge in [0.25, 0.3) is 0 Å². The first-order valence-electron chi connectivity index (χ1n) is 7.69. The van der Waals surface area contributed by atoms with Crippen LogP contribution in [0, 0.1) is 16.5 Å². The van der Waals surface area contributed by atoms with Crippen molar-refractivity contribution in [2.75, 3.05) is 31.2 Å². The van der Waals surface area contributed by atoms with Crippen molar-refractivity contribution in [2.24, 2.45) is 0 Å². The van der Waals surface area contributed by atoms with Gasteiger partial charge < -0.3 is 14.8 Å². The van der Waals surface area contributed by atoms with E-state index in [0.717, 1.165) is 46.9 Å². The van der Waals surface area contributed by atoms with Crippen LogP contribution in [0.5, 0.6) is 0 Å². The third kappa shape index (κ3) is 3.10. The normalized spacial score (nSPS) is 14.5. The maximum absolute atomic E-state index is 11.2. The van der Waals surface area contributed by atoms with Gasteiger partial charge in [-0.1, -0.05) is 6.92 Å². The zero-order valence-corrected chi connectivity index (χ0v) is 13.0. The van der Waals surface area contributed by atoms with Crippen LogP contribution in [0.15, 0.2) is 30.6 Å². The van der Waals surface area contributed by atoms with Crippen molar-refractivity contribution in [2.45, 2.75) is 13.3 Å². The fraction of sp³-hybridized carbons (Fsp3) is 0.353. The Bertz CT molecular complexity index is 731. The number of rotatable bonds is 3. The lowest BCUT2D eigenvalue weighted by molar-refractivity contribution is -0.605. The zero-order valence-electron chi connectivity index (χ0n) is 13.0. The lowest BCUT2D eigenvalue weighted by atomic mass is 10.0. The van der Waals surface area contributed by atoms with E-state index < -0.39 is 0 Å². The standard InChI is InChI=1S/C17H18N4O2/c1-2-16-15(13-3-5-21(22)6-4-13)11-14(12-18)17(19-16)20-7-9-23-10-8-20/h3-6,11H,2,7-10H2,1H3. The van der Waals surface area contributed by atoms with Crippen LogP contribution in [0.2, 0.25) is 0 Å². The minimum atomic E-state index is 0.554. The van der Waals surface area contributed by atoms with Crippen LogP contribution in [0.3, 0.4) is 0 Å². The quantitative estimate of drug-likeness (QED) is 0.636. The van der Waals surface area contributed by atoms with Gasteiger partial charge in [-0.15, -0.1) is 0 Å². The Labute approximate surface area is 135 Å². The molecule has 3 heterocycles. The summed E-state index contributed by atoms with van der Waals surface area (Å²) in [5.41, 5.74) is 3.28. The summed E-state index contributed by atoms with van der Waals surface area (Å²) in [7, 11) is 0. The smallest absolute Gasteiger partial charge is 0.180 e. The fourth-order valence-corrected chi connectivity index (χ4v) is 2.75. The maximum atomic E-state index is 11.2. The summed E-state index contributed by atoms with van der Waals surface area (Å²) in [6.07, 6.45) is 3.66.